The van der Waals surface area contributed by atoms with E-state index in [0.29, 0.717) is 5.69 Å². The number of carboxylic acids is 1. The first-order valence-electron chi connectivity index (χ1n) is 18.1. The number of aliphatic carboxylic acids is 1. The van der Waals surface area contributed by atoms with Crippen molar-refractivity contribution in [1.29, 1.82) is 0 Å². The highest BCUT2D eigenvalue weighted by Crippen LogP contribution is 2.31. The van der Waals surface area contributed by atoms with E-state index < -0.39 is 70.5 Å². The fourth-order valence-corrected chi connectivity index (χ4v) is 6.32. The summed E-state index contributed by atoms with van der Waals surface area (Å²) in [6.07, 6.45) is 3.88. The lowest BCUT2D eigenvalue weighted by molar-refractivity contribution is -0.142. The molecule has 0 aromatic heterocycles. The third kappa shape index (κ3) is 11.9. The molecule has 294 valence electrons. The van der Waals surface area contributed by atoms with Crippen LogP contribution in [0.15, 0.2) is 48.1 Å². The first kappa shape index (κ1) is 45.0. The van der Waals surface area contributed by atoms with E-state index >= 15 is 0 Å². The summed E-state index contributed by atoms with van der Waals surface area (Å²) in [7, 11) is 3.25. The molecule has 0 unspecified atom stereocenters. The number of Topliss-reactive ketones (excluding diaryl/α,β-unsaturated/α-hetero) is 1. The molecule has 0 radical (unpaired) electrons. The molecule has 2 rings (SSSR count). The van der Waals surface area contributed by atoms with Crippen molar-refractivity contribution in [3.05, 3.63) is 65.0 Å². The first-order valence-corrected chi connectivity index (χ1v) is 18.1. The minimum atomic E-state index is -1.36. The molecule has 1 aromatic rings. The number of rotatable bonds is 19. The van der Waals surface area contributed by atoms with Crippen molar-refractivity contribution < 1.29 is 38.7 Å². The Labute approximate surface area is 318 Å². The zero-order valence-corrected chi connectivity index (χ0v) is 33.1. The topological polar surface area (TPSA) is 187 Å². The highest BCUT2D eigenvalue weighted by molar-refractivity contribution is 6.12. The van der Waals surface area contributed by atoms with Gasteiger partial charge in [-0.25, -0.2) is 9.64 Å². The molecule has 4 N–H and O–H groups in total. The van der Waals surface area contributed by atoms with Crippen molar-refractivity contribution in [1.82, 2.24) is 25.8 Å². The van der Waals surface area contributed by atoms with Crippen molar-refractivity contribution >= 4 is 47.0 Å². The summed E-state index contributed by atoms with van der Waals surface area (Å²) < 4.78 is 0. The van der Waals surface area contributed by atoms with Gasteiger partial charge in [-0.15, -0.1) is 0 Å². The summed E-state index contributed by atoms with van der Waals surface area (Å²) in [5.74, 6) is -4.14. The van der Waals surface area contributed by atoms with Crippen molar-refractivity contribution in [3.63, 3.8) is 0 Å². The number of nitrogens with zero attached hydrogens (tertiary/aromatic N) is 3. The van der Waals surface area contributed by atoms with Crippen LogP contribution in [-0.4, -0.2) is 101 Å². The molecule has 0 bridgehead atoms. The van der Waals surface area contributed by atoms with Gasteiger partial charge >= 0.3 is 5.97 Å². The minimum absolute atomic E-state index is 0.0350. The molecule has 54 heavy (non-hydrogen) atoms. The lowest BCUT2D eigenvalue weighted by Crippen LogP contribution is -2.61. The molecule has 4 atom stereocenters. The summed E-state index contributed by atoms with van der Waals surface area (Å²) >= 11 is 0. The van der Waals surface area contributed by atoms with Crippen LogP contribution in [0.1, 0.15) is 86.6 Å². The summed E-state index contributed by atoms with van der Waals surface area (Å²) in [6, 6.07) is 3.34. The van der Waals surface area contributed by atoms with Crippen LogP contribution in [0.2, 0.25) is 0 Å². The molecular weight excluding hydrogens is 692 g/mol. The zero-order chi connectivity index (χ0) is 41.1. The predicted octanol–water partition coefficient (Wildman–Crippen LogP) is 3.69. The minimum Gasteiger partial charge on any atom is -0.480 e. The third-order valence-electron chi connectivity index (χ3n) is 9.70. The van der Waals surface area contributed by atoms with Crippen LogP contribution in [0.4, 0.5) is 5.69 Å². The quantitative estimate of drug-likeness (QED) is 0.0931. The highest BCUT2D eigenvalue weighted by Gasteiger charge is 2.42. The Morgan fingerprint density at radius 2 is 1.59 bits per heavy atom. The summed E-state index contributed by atoms with van der Waals surface area (Å²) in [5.41, 5.74) is -0.101. The Morgan fingerprint density at radius 1 is 0.981 bits per heavy atom. The van der Waals surface area contributed by atoms with E-state index in [-0.39, 0.29) is 49.5 Å². The molecule has 1 aliphatic heterocycles. The van der Waals surface area contributed by atoms with Crippen molar-refractivity contribution in [2.75, 3.05) is 20.6 Å². The van der Waals surface area contributed by atoms with E-state index in [9.17, 15) is 38.7 Å². The molecule has 14 heteroatoms. The molecule has 0 fully saturated rings. The smallest absolute Gasteiger partial charge is 0.326 e. The van der Waals surface area contributed by atoms with Crippen LogP contribution < -0.4 is 16.0 Å². The maximum atomic E-state index is 14.2. The number of carboxylic acid groups (broad SMARTS) is 1. The van der Waals surface area contributed by atoms with Gasteiger partial charge in [0.15, 0.2) is 5.69 Å². The van der Waals surface area contributed by atoms with Gasteiger partial charge in [-0.05, 0) is 38.1 Å². The maximum absolute atomic E-state index is 14.2. The van der Waals surface area contributed by atoms with Gasteiger partial charge in [-0.3, -0.25) is 33.7 Å². The molecule has 5 amide bonds. The van der Waals surface area contributed by atoms with Crippen LogP contribution in [0.25, 0.3) is 4.85 Å². The van der Waals surface area contributed by atoms with Gasteiger partial charge in [0, 0.05) is 49.6 Å². The summed E-state index contributed by atoms with van der Waals surface area (Å²) in [5, 5.41) is 18.3. The summed E-state index contributed by atoms with van der Waals surface area (Å²) in [6.45, 7) is 22.0. The van der Waals surface area contributed by atoms with Crippen molar-refractivity contribution in [3.8, 4) is 0 Å². The standard InChI is InChI=1S/C40H56N6O8/c1-24(2)30(22-25(3)35(50)43-29(38(53)54)18-17-28(47)16-13-21-46-31(48)19-20-32(46)49)45(11)37(52)34(39(4,5)6)44-36(51)33(42-10)40(7,8)26-14-12-15-27(23-26)41-9/h12,14-15,19-20,22-24,29-30,33-34,42H,13,16-18,21H2,1-8,10-11H3,(H,43,50)(H,44,51)(H,53,54)/b25-22+/t29-,30-,33-,34-/m1/s1. The van der Waals surface area contributed by atoms with E-state index in [1.54, 1.807) is 38.4 Å². The normalized spacial score (nSPS) is 15.7. The largest absolute Gasteiger partial charge is 0.480 e. The van der Waals surface area contributed by atoms with Crippen molar-refractivity contribution in [2.45, 2.75) is 111 Å². The number of carbonyl (C=O) groups is 7. The molecule has 0 aliphatic carbocycles. The van der Waals surface area contributed by atoms with E-state index in [4.69, 9.17) is 6.57 Å². The van der Waals surface area contributed by atoms with Crippen LogP contribution in [0, 0.1) is 17.9 Å². The average molecular weight is 749 g/mol. The van der Waals surface area contributed by atoms with Gasteiger partial charge in [-0.1, -0.05) is 84.4 Å². The second-order valence-corrected chi connectivity index (χ2v) is 15.7. The number of hydrogen-bond donors (Lipinski definition) is 4. The average Bonchev–Trinajstić information content (AvgIpc) is 3.42. The second-order valence-electron chi connectivity index (χ2n) is 15.7. The molecule has 14 nitrogen and oxygen atoms in total. The van der Waals surface area contributed by atoms with Gasteiger partial charge in [0.05, 0.1) is 18.7 Å². The molecular formula is C40H56N6O8. The molecule has 0 spiro atoms. The number of ketones is 1. The first-order chi connectivity index (χ1) is 25.1. The SMILES string of the molecule is [C-]#[N+]c1cccc(C(C)(C)[C@H](NC)C(=O)N[C@H](C(=O)N(C)[C@H](/C=C(\C)C(=O)N[C@H](CCC(=O)CCCN2C(=O)C=CC2=O)C(=O)O)C(C)C)C(C)(C)C)c1. The number of likely N-dealkylation sites (N-methyl/N-ethyl adjacent to an activating group) is 2. The lowest BCUT2D eigenvalue weighted by Gasteiger charge is -2.40. The molecule has 0 saturated heterocycles. The van der Waals surface area contributed by atoms with Gasteiger partial charge in [0.25, 0.3) is 11.8 Å². The fraction of sp³-hybridized carbons (Fsp3) is 0.550. The number of benzene rings is 1. The Balaban J connectivity index is 2.17. The van der Waals surface area contributed by atoms with Gasteiger partial charge in [-0.2, -0.15) is 0 Å². The van der Waals surface area contributed by atoms with Crippen LogP contribution in [0.5, 0.6) is 0 Å². The predicted molar refractivity (Wildman–Crippen MR) is 204 cm³/mol. The summed E-state index contributed by atoms with van der Waals surface area (Å²) in [4.78, 5) is 95.3. The molecule has 1 aliphatic rings. The van der Waals surface area contributed by atoms with E-state index in [0.717, 1.165) is 22.6 Å². The number of amides is 5. The monoisotopic (exact) mass is 748 g/mol. The van der Waals surface area contributed by atoms with Gasteiger partial charge in [0.2, 0.25) is 17.7 Å². The Morgan fingerprint density at radius 3 is 2.11 bits per heavy atom. The second kappa shape index (κ2) is 19.3. The Bertz CT molecular complexity index is 1680. The van der Waals surface area contributed by atoms with Crippen LogP contribution >= 0.6 is 0 Å². The number of nitrogens with one attached hydrogen (secondary N) is 3. The Kier molecular flexibility index (Phi) is 16.0. The van der Waals surface area contributed by atoms with E-state index in [1.165, 1.54) is 11.8 Å². The van der Waals surface area contributed by atoms with Gasteiger partial charge in [0.1, 0.15) is 17.9 Å². The fourth-order valence-electron chi connectivity index (χ4n) is 6.32. The number of hydrogen-bond acceptors (Lipinski definition) is 8. The maximum Gasteiger partial charge on any atom is 0.326 e. The third-order valence-corrected chi connectivity index (χ3v) is 9.70. The van der Waals surface area contributed by atoms with E-state index in [1.807, 2.05) is 54.5 Å². The Hall–Kier alpha value is -5.16. The molecule has 1 heterocycles. The molecule has 1 aromatic carbocycles. The molecule has 0 saturated carbocycles. The van der Waals surface area contributed by atoms with E-state index in [2.05, 4.69) is 20.8 Å². The highest BCUT2D eigenvalue weighted by atomic mass is 16.4. The zero-order valence-electron chi connectivity index (χ0n) is 33.1. The lowest BCUT2D eigenvalue weighted by atomic mass is 9.76. The van der Waals surface area contributed by atoms with Gasteiger partial charge < -0.3 is 26.0 Å². The van der Waals surface area contributed by atoms with Crippen molar-refractivity contribution in [2.24, 2.45) is 11.3 Å². The number of imide groups is 1. The van der Waals surface area contributed by atoms with Crippen LogP contribution in [0.3, 0.4) is 0 Å². The number of carbonyl (C=O) groups excluding carboxylic acids is 6. The van der Waals surface area contributed by atoms with Crippen LogP contribution in [-0.2, 0) is 39.0 Å².